The summed E-state index contributed by atoms with van der Waals surface area (Å²) in [4.78, 5) is 41.5. The number of nitro benzene ring substituents is 1. The molecule has 3 aromatic rings. The number of methoxy groups -OCH3 is 1. The fourth-order valence-corrected chi connectivity index (χ4v) is 4.70. The van der Waals surface area contributed by atoms with Gasteiger partial charge < -0.3 is 19.0 Å². The number of nitrogens with zero attached hydrogens (tertiary/aromatic N) is 3. The monoisotopic (exact) mass is 485 g/mol. The van der Waals surface area contributed by atoms with E-state index in [1.807, 2.05) is 0 Å². The zero-order valence-corrected chi connectivity index (χ0v) is 19.1. The summed E-state index contributed by atoms with van der Waals surface area (Å²) in [6, 6.07) is 4.91. The highest BCUT2D eigenvalue weighted by atomic mass is 32.1. The first-order valence-electron chi connectivity index (χ1n) is 10.0. The summed E-state index contributed by atoms with van der Waals surface area (Å²) >= 11 is 1.05. The van der Waals surface area contributed by atoms with Crippen LogP contribution in [0, 0.1) is 10.1 Å². The normalized spacial score (nSPS) is 15.6. The summed E-state index contributed by atoms with van der Waals surface area (Å²) in [5.74, 6) is -0.981. The molecule has 0 unspecified atom stereocenters. The van der Waals surface area contributed by atoms with Crippen LogP contribution in [-0.4, -0.2) is 34.3 Å². The maximum Gasteiger partial charge on any atom is 0.338 e. The summed E-state index contributed by atoms with van der Waals surface area (Å²) < 4.78 is 17.3. The molecule has 1 atom stereocenters. The first kappa shape index (κ1) is 23.0. The van der Waals surface area contributed by atoms with Crippen LogP contribution in [0.15, 0.2) is 56.0 Å². The van der Waals surface area contributed by atoms with E-state index in [2.05, 4.69) is 4.99 Å². The van der Waals surface area contributed by atoms with Crippen molar-refractivity contribution in [3.05, 3.63) is 82.9 Å². The van der Waals surface area contributed by atoms with Crippen LogP contribution in [-0.2, 0) is 9.53 Å². The molecule has 1 aliphatic rings. The highest BCUT2D eigenvalue weighted by molar-refractivity contribution is 7.07. The second kappa shape index (κ2) is 8.98. The van der Waals surface area contributed by atoms with E-state index in [0.717, 1.165) is 17.4 Å². The van der Waals surface area contributed by atoms with Gasteiger partial charge in [0.05, 0.1) is 40.7 Å². The molecule has 3 heterocycles. The molecule has 0 saturated carbocycles. The Balaban J connectivity index is 1.94. The fourth-order valence-electron chi connectivity index (χ4n) is 3.65. The van der Waals surface area contributed by atoms with E-state index in [-0.39, 0.29) is 28.0 Å². The van der Waals surface area contributed by atoms with Crippen molar-refractivity contribution in [3.63, 3.8) is 0 Å². The van der Waals surface area contributed by atoms with Crippen molar-refractivity contribution in [2.24, 2.45) is 4.99 Å². The number of aromatic hydroxyl groups is 1. The Morgan fingerprint density at radius 1 is 1.44 bits per heavy atom. The summed E-state index contributed by atoms with van der Waals surface area (Å²) in [7, 11) is 1.26. The van der Waals surface area contributed by atoms with Gasteiger partial charge in [0.1, 0.15) is 11.8 Å². The largest absolute Gasteiger partial charge is 0.500 e. The predicted molar refractivity (Wildman–Crippen MR) is 120 cm³/mol. The molecule has 11 nitrogen and oxygen atoms in total. The third-order valence-corrected chi connectivity index (χ3v) is 6.10. The zero-order chi connectivity index (χ0) is 24.6. The molecule has 34 heavy (non-hydrogen) atoms. The van der Waals surface area contributed by atoms with E-state index >= 15 is 0 Å². The Morgan fingerprint density at radius 2 is 2.21 bits per heavy atom. The van der Waals surface area contributed by atoms with Crippen LogP contribution in [0.2, 0.25) is 0 Å². The molecule has 0 fully saturated rings. The number of allylic oxidation sites excluding steroid dienone is 1. The van der Waals surface area contributed by atoms with E-state index < -0.39 is 33.9 Å². The van der Waals surface area contributed by atoms with Gasteiger partial charge in [0.2, 0.25) is 5.75 Å². The molecule has 0 amide bonds. The van der Waals surface area contributed by atoms with Gasteiger partial charge in [-0.3, -0.25) is 19.5 Å². The van der Waals surface area contributed by atoms with E-state index in [1.165, 1.54) is 30.1 Å². The van der Waals surface area contributed by atoms with Gasteiger partial charge in [-0.15, -0.1) is 0 Å². The number of fused-ring (bicyclic) bond motifs is 1. The molecule has 0 aliphatic carbocycles. The van der Waals surface area contributed by atoms with Crippen LogP contribution in [0.5, 0.6) is 11.5 Å². The third kappa shape index (κ3) is 3.88. The van der Waals surface area contributed by atoms with E-state index in [9.17, 15) is 24.8 Å². The number of furan rings is 1. The zero-order valence-electron chi connectivity index (χ0n) is 18.3. The standard InChI is InChI=1S/C22H19N3O8S/c1-4-32-21(28)17-11(2)23-22-24(18(17)14-6-5-7-33-14)20(27)16(34-22)10-12-8-13(25(29)30)19(26)15(9-12)31-3/h5-10,18,26H,4H2,1-3H3/b16-10+/t18-/m0/s1. The molecular weight excluding hydrogens is 466 g/mol. The topological polar surface area (TPSA) is 146 Å². The number of phenolic OH excluding ortho intramolecular Hbond substituents is 1. The molecule has 176 valence electrons. The maximum atomic E-state index is 13.4. The van der Waals surface area contributed by atoms with Crippen molar-refractivity contribution in [3.8, 4) is 11.5 Å². The minimum absolute atomic E-state index is 0.109. The second-order valence-electron chi connectivity index (χ2n) is 7.17. The Bertz CT molecular complexity index is 1500. The van der Waals surface area contributed by atoms with E-state index in [4.69, 9.17) is 13.9 Å². The number of carbonyl (C=O) groups is 1. The maximum absolute atomic E-state index is 13.4. The lowest BCUT2D eigenvalue weighted by Gasteiger charge is -2.22. The third-order valence-electron chi connectivity index (χ3n) is 5.12. The molecule has 0 bridgehead atoms. The highest BCUT2D eigenvalue weighted by Crippen LogP contribution is 2.37. The van der Waals surface area contributed by atoms with Gasteiger partial charge in [-0.1, -0.05) is 11.3 Å². The van der Waals surface area contributed by atoms with Gasteiger partial charge in [0.15, 0.2) is 10.6 Å². The second-order valence-corrected chi connectivity index (χ2v) is 8.17. The summed E-state index contributed by atoms with van der Waals surface area (Å²) in [6.45, 7) is 3.47. The number of carbonyl (C=O) groups excluding carboxylic acids is 1. The smallest absolute Gasteiger partial charge is 0.338 e. The Hall–Kier alpha value is -4.19. The van der Waals surface area contributed by atoms with Crippen LogP contribution in [0.4, 0.5) is 5.69 Å². The van der Waals surface area contributed by atoms with Gasteiger partial charge in [-0.2, -0.15) is 0 Å². The number of hydrogen-bond donors (Lipinski definition) is 1. The van der Waals surface area contributed by atoms with Gasteiger partial charge in [-0.25, -0.2) is 9.79 Å². The average molecular weight is 485 g/mol. The molecule has 12 heteroatoms. The lowest BCUT2D eigenvalue weighted by Crippen LogP contribution is -2.39. The number of benzene rings is 1. The highest BCUT2D eigenvalue weighted by Gasteiger charge is 2.35. The molecular formula is C22H19N3O8S. The van der Waals surface area contributed by atoms with Crippen LogP contribution >= 0.6 is 11.3 Å². The summed E-state index contributed by atoms with van der Waals surface area (Å²) in [6.07, 6.45) is 2.87. The number of phenols is 1. The van der Waals surface area contributed by atoms with Gasteiger partial charge in [0, 0.05) is 6.07 Å². The van der Waals surface area contributed by atoms with Crippen molar-refractivity contribution in [1.29, 1.82) is 0 Å². The predicted octanol–water partition coefficient (Wildman–Crippen LogP) is 2.01. The Kier molecular flexibility index (Phi) is 6.07. The molecule has 2 aromatic heterocycles. The summed E-state index contributed by atoms with van der Waals surface area (Å²) in [5, 5.41) is 21.3. The molecule has 4 rings (SSSR count). The van der Waals surface area contributed by atoms with Crippen LogP contribution in [0.25, 0.3) is 6.08 Å². The molecule has 0 radical (unpaired) electrons. The van der Waals surface area contributed by atoms with Crippen molar-refractivity contribution >= 4 is 29.1 Å². The minimum Gasteiger partial charge on any atom is -0.500 e. The van der Waals surface area contributed by atoms with Crippen LogP contribution in [0.1, 0.15) is 31.2 Å². The SMILES string of the molecule is CCOC(=O)C1=C(C)N=c2s/c(=C/c3cc(OC)c(O)c([N+](=O)[O-])c3)c(=O)n2[C@H]1c1ccco1. The molecule has 1 N–H and O–H groups in total. The number of ether oxygens (including phenoxy) is 2. The Labute approximate surface area is 195 Å². The average Bonchev–Trinajstić information content (AvgIpc) is 3.42. The number of aromatic nitrogens is 1. The molecule has 0 spiro atoms. The fraction of sp³-hybridized carbons (Fsp3) is 0.227. The molecule has 0 saturated heterocycles. The van der Waals surface area contributed by atoms with E-state index in [0.29, 0.717) is 16.3 Å². The Morgan fingerprint density at radius 3 is 2.82 bits per heavy atom. The minimum atomic E-state index is -0.892. The van der Waals surface area contributed by atoms with Crippen molar-refractivity contribution < 1.29 is 28.7 Å². The first-order chi connectivity index (χ1) is 16.3. The first-order valence-corrected chi connectivity index (χ1v) is 10.9. The van der Waals surface area contributed by atoms with Crippen molar-refractivity contribution in [1.82, 2.24) is 4.57 Å². The van der Waals surface area contributed by atoms with Gasteiger partial charge >= 0.3 is 11.7 Å². The summed E-state index contributed by atoms with van der Waals surface area (Å²) in [5.41, 5.74) is -0.212. The molecule has 1 aromatic carbocycles. The van der Waals surface area contributed by atoms with Crippen molar-refractivity contribution in [2.45, 2.75) is 19.9 Å². The quantitative estimate of drug-likeness (QED) is 0.317. The number of hydrogen-bond acceptors (Lipinski definition) is 10. The lowest BCUT2D eigenvalue weighted by atomic mass is 10.0. The van der Waals surface area contributed by atoms with Gasteiger partial charge in [-0.05, 0) is 43.7 Å². The van der Waals surface area contributed by atoms with E-state index in [1.54, 1.807) is 26.0 Å². The number of rotatable bonds is 6. The van der Waals surface area contributed by atoms with Crippen LogP contribution < -0.4 is 19.6 Å². The van der Waals surface area contributed by atoms with Crippen LogP contribution in [0.3, 0.4) is 0 Å². The number of thiazole rings is 1. The van der Waals surface area contributed by atoms with Gasteiger partial charge in [0.25, 0.3) is 5.56 Å². The lowest BCUT2D eigenvalue weighted by molar-refractivity contribution is -0.386. The van der Waals surface area contributed by atoms with Crippen molar-refractivity contribution in [2.75, 3.05) is 13.7 Å². The molecule has 1 aliphatic heterocycles. The number of esters is 1. The number of nitro groups is 1.